The fourth-order valence-electron chi connectivity index (χ4n) is 3.66. The molecule has 2 aromatic rings. The van der Waals surface area contributed by atoms with Crippen LogP contribution >= 0.6 is 0 Å². The predicted octanol–water partition coefficient (Wildman–Crippen LogP) is 3.25. The van der Waals surface area contributed by atoms with Gasteiger partial charge in [0.25, 0.3) is 0 Å². The number of carbonyl (C=O) groups is 1. The van der Waals surface area contributed by atoms with Crippen molar-refractivity contribution < 1.29 is 33.2 Å². The van der Waals surface area contributed by atoms with E-state index in [4.69, 9.17) is 28.4 Å². The van der Waals surface area contributed by atoms with Crippen LogP contribution in [0.2, 0.25) is 0 Å². The highest BCUT2D eigenvalue weighted by Crippen LogP contribution is 2.58. The number of hydrogen-bond donors (Lipinski definition) is 0. The van der Waals surface area contributed by atoms with E-state index < -0.39 is 5.97 Å². The third kappa shape index (κ3) is 2.61. The van der Waals surface area contributed by atoms with Crippen LogP contribution in [0.1, 0.15) is 30.1 Å². The van der Waals surface area contributed by atoms with Crippen LogP contribution < -0.4 is 28.4 Å². The van der Waals surface area contributed by atoms with Crippen LogP contribution in [-0.4, -0.2) is 33.9 Å². The van der Waals surface area contributed by atoms with E-state index in [-0.39, 0.29) is 17.8 Å². The molecule has 2 aliphatic heterocycles. The van der Waals surface area contributed by atoms with Crippen LogP contribution in [0.4, 0.5) is 0 Å². The Morgan fingerprint density at radius 2 is 1.59 bits per heavy atom. The Labute approximate surface area is 156 Å². The molecule has 0 N–H and O–H groups in total. The standard InChI is InChI=1S/C20H20O7/c1-10(21)26-20-15(23-3)8-6-12-16-13(9-25-17(12)20)11-5-7-14(22-2)19(24-4)18(11)27-16/h5-8,13,16H,9H2,1-4H3/t13-,16-/m0/s1. The molecule has 0 saturated heterocycles. The monoisotopic (exact) mass is 372 g/mol. The van der Waals surface area contributed by atoms with Gasteiger partial charge in [-0.1, -0.05) is 6.07 Å². The van der Waals surface area contributed by atoms with Crippen molar-refractivity contribution in [1.82, 2.24) is 0 Å². The largest absolute Gasteiger partial charge is 0.493 e. The van der Waals surface area contributed by atoms with E-state index in [9.17, 15) is 4.79 Å². The molecule has 7 heteroatoms. The maximum absolute atomic E-state index is 11.5. The zero-order valence-electron chi connectivity index (χ0n) is 15.5. The molecule has 2 aliphatic rings. The fourth-order valence-corrected chi connectivity index (χ4v) is 3.66. The van der Waals surface area contributed by atoms with Gasteiger partial charge in [-0.2, -0.15) is 0 Å². The number of esters is 1. The SMILES string of the molecule is COc1ccc2c(c1OC)O[C@H]1c3ccc(OC)c(OC(C)=O)c3OC[C@@H]21. The highest BCUT2D eigenvalue weighted by molar-refractivity contribution is 5.73. The minimum Gasteiger partial charge on any atom is -0.493 e. The Morgan fingerprint density at radius 3 is 2.22 bits per heavy atom. The van der Waals surface area contributed by atoms with E-state index in [1.54, 1.807) is 20.3 Å². The maximum atomic E-state index is 11.5. The number of fused-ring (bicyclic) bond motifs is 5. The first-order valence-corrected chi connectivity index (χ1v) is 8.52. The first kappa shape index (κ1) is 17.3. The summed E-state index contributed by atoms with van der Waals surface area (Å²) >= 11 is 0. The van der Waals surface area contributed by atoms with Gasteiger partial charge in [-0.15, -0.1) is 0 Å². The van der Waals surface area contributed by atoms with Crippen LogP contribution in [0.3, 0.4) is 0 Å². The average molecular weight is 372 g/mol. The van der Waals surface area contributed by atoms with Crippen LogP contribution in [0.5, 0.6) is 34.5 Å². The first-order valence-electron chi connectivity index (χ1n) is 8.52. The van der Waals surface area contributed by atoms with Crippen molar-refractivity contribution in [2.45, 2.75) is 18.9 Å². The van der Waals surface area contributed by atoms with Gasteiger partial charge in [0.2, 0.25) is 11.5 Å². The smallest absolute Gasteiger partial charge is 0.308 e. The minimum absolute atomic E-state index is 0.00845. The van der Waals surface area contributed by atoms with Crippen molar-refractivity contribution in [2.24, 2.45) is 0 Å². The topological polar surface area (TPSA) is 72.5 Å². The number of methoxy groups -OCH3 is 3. The van der Waals surface area contributed by atoms with Gasteiger partial charge >= 0.3 is 5.97 Å². The molecule has 4 rings (SSSR count). The van der Waals surface area contributed by atoms with E-state index in [1.807, 2.05) is 18.2 Å². The van der Waals surface area contributed by atoms with Gasteiger partial charge in [0, 0.05) is 18.1 Å². The number of rotatable bonds is 4. The van der Waals surface area contributed by atoms with Crippen molar-refractivity contribution >= 4 is 5.97 Å². The summed E-state index contributed by atoms with van der Waals surface area (Å²) in [5, 5.41) is 0. The van der Waals surface area contributed by atoms with Crippen molar-refractivity contribution in [1.29, 1.82) is 0 Å². The number of carbonyl (C=O) groups excluding carboxylic acids is 1. The van der Waals surface area contributed by atoms with Crippen molar-refractivity contribution in [3.8, 4) is 34.5 Å². The van der Waals surface area contributed by atoms with Crippen LogP contribution in [0.15, 0.2) is 24.3 Å². The zero-order valence-corrected chi connectivity index (χ0v) is 15.5. The van der Waals surface area contributed by atoms with E-state index >= 15 is 0 Å². The Balaban J connectivity index is 1.80. The van der Waals surface area contributed by atoms with Crippen molar-refractivity contribution in [3.63, 3.8) is 0 Å². The summed E-state index contributed by atoms with van der Waals surface area (Å²) in [7, 11) is 4.68. The summed E-state index contributed by atoms with van der Waals surface area (Å²) in [6, 6.07) is 7.43. The number of ether oxygens (including phenoxy) is 6. The van der Waals surface area contributed by atoms with Gasteiger partial charge in [-0.25, -0.2) is 0 Å². The molecule has 7 nitrogen and oxygen atoms in total. The van der Waals surface area contributed by atoms with Crippen LogP contribution in [-0.2, 0) is 4.79 Å². The summed E-state index contributed by atoms with van der Waals surface area (Å²) in [5.41, 5.74) is 1.79. The highest BCUT2D eigenvalue weighted by atomic mass is 16.6. The van der Waals surface area contributed by atoms with Gasteiger partial charge in [0.15, 0.2) is 23.0 Å². The second kappa shape index (κ2) is 6.57. The van der Waals surface area contributed by atoms with Gasteiger partial charge in [0.1, 0.15) is 6.10 Å². The van der Waals surface area contributed by atoms with E-state index in [0.29, 0.717) is 35.4 Å². The molecule has 0 aromatic heterocycles. The number of benzene rings is 2. The quantitative estimate of drug-likeness (QED) is 0.602. The van der Waals surface area contributed by atoms with Gasteiger partial charge in [-0.3, -0.25) is 4.79 Å². The molecule has 0 unspecified atom stereocenters. The Kier molecular flexibility index (Phi) is 4.22. The van der Waals surface area contributed by atoms with Gasteiger partial charge in [-0.05, 0) is 18.2 Å². The third-order valence-corrected chi connectivity index (χ3v) is 4.83. The molecular weight excluding hydrogens is 352 g/mol. The molecule has 27 heavy (non-hydrogen) atoms. The second-order valence-electron chi connectivity index (χ2n) is 6.28. The molecule has 0 amide bonds. The minimum atomic E-state index is -0.450. The van der Waals surface area contributed by atoms with Crippen LogP contribution in [0.25, 0.3) is 0 Å². The molecule has 0 bridgehead atoms. The maximum Gasteiger partial charge on any atom is 0.308 e. The van der Waals surface area contributed by atoms with Crippen LogP contribution in [0, 0.1) is 0 Å². The first-order chi connectivity index (χ1) is 13.1. The summed E-state index contributed by atoms with van der Waals surface area (Å²) < 4.78 is 33.8. The van der Waals surface area contributed by atoms with Gasteiger partial charge < -0.3 is 28.4 Å². The Hall–Kier alpha value is -3.09. The van der Waals surface area contributed by atoms with Gasteiger partial charge in [0.05, 0.1) is 33.9 Å². The van der Waals surface area contributed by atoms with E-state index in [0.717, 1.165) is 11.1 Å². The molecular formula is C20H20O7. The van der Waals surface area contributed by atoms with Crippen molar-refractivity contribution in [3.05, 3.63) is 35.4 Å². The lowest BCUT2D eigenvalue weighted by molar-refractivity contribution is -0.132. The highest BCUT2D eigenvalue weighted by Gasteiger charge is 2.44. The fraction of sp³-hybridized carbons (Fsp3) is 0.350. The molecule has 0 radical (unpaired) electrons. The summed E-state index contributed by atoms with van der Waals surface area (Å²) in [4.78, 5) is 11.5. The Morgan fingerprint density at radius 1 is 0.926 bits per heavy atom. The summed E-state index contributed by atoms with van der Waals surface area (Å²) in [6.45, 7) is 1.71. The molecule has 2 heterocycles. The number of hydrogen-bond acceptors (Lipinski definition) is 7. The normalized spacial score (nSPS) is 19.0. The molecule has 0 spiro atoms. The molecule has 2 aromatic carbocycles. The Bertz CT molecular complexity index is 906. The lowest BCUT2D eigenvalue weighted by atomic mass is 9.89. The predicted molar refractivity (Wildman–Crippen MR) is 95.5 cm³/mol. The van der Waals surface area contributed by atoms with E-state index in [2.05, 4.69) is 0 Å². The third-order valence-electron chi connectivity index (χ3n) is 4.83. The summed E-state index contributed by atoms with van der Waals surface area (Å²) in [6.07, 6.45) is -0.287. The van der Waals surface area contributed by atoms with Crippen molar-refractivity contribution in [2.75, 3.05) is 27.9 Å². The molecule has 0 fully saturated rings. The molecule has 0 aliphatic carbocycles. The zero-order chi connectivity index (χ0) is 19.1. The molecule has 0 saturated carbocycles. The molecule has 2 atom stereocenters. The lowest BCUT2D eigenvalue weighted by Crippen LogP contribution is -2.24. The molecule has 142 valence electrons. The second-order valence-corrected chi connectivity index (χ2v) is 6.28. The lowest BCUT2D eigenvalue weighted by Gasteiger charge is -2.29. The average Bonchev–Trinajstić information content (AvgIpc) is 3.05. The summed E-state index contributed by atoms with van der Waals surface area (Å²) in [5.74, 6) is 2.51. The van der Waals surface area contributed by atoms with E-state index in [1.165, 1.54) is 14.0 Å².